The number of aliphatic hydroxyl groups excluding tert-OH is 1. The number of hydrogen-bond acceptors (Lipinski definition) is 3. The van der Waals surface area contributed by atoms with Crippen molar-refractivity contribution in [3.8, 4) is 0 Å². The molecule has 0 spiro atoms. The predicted octanol–water partition coefficient (Wildman–Crippen LogP) is 2.25. The Kier molecular flexibility index (Phi) is 5.52. The van der Waals surface area contributed by atoms with Crippen molar-refractivity contribution < 1.29 is 13.5 Å². The van der Waals surface area contributed by atoms with Gasteiger partial charge in [0.25, 0.3) is 0 Å². The fraction of sp³-hybridized carbons (Fsp3) is 0.571. The molecule has 0 aliphatic carbocycles. The van der Waals surface area contributed by atoms with Crippen LogP contribution in [0.3, 0.4) is 0 Å². The number of benzene rings is 1. The molecule has 0 saturated carbocycles. The van der Waals surface area contributed by atoms with E-state index >= 15 is 0 Å². The lowest BCUT2D eigenvalue weighted by molar-refractivity contribution is 0.145. The molecule has 4 nitrogen and oxygen atoms in total. The second kappa shape index (κ2) is 6.50. The minimum atomic E-state index is -3.44. The highest BCUT2D eigenvalue weighted by Gasteiger charge is 2.18. The molecule has 0 bridgehead atoms. The van der Waals surface area contributed by atoms with Gasteiger partial charge in [-0.3, -0.25) is 0 Å². The minimum absolute atomic E-state index is 0.000174. The van der Waals surface area contributed by atoms with E-state index in [1.165, 1.54) is 0 Å². The van der Waals surface area contributed by atoms with Gasteiger partial charge in [0.1, 0.15) is 0 Å². The third-order valence-corrected chi connectivity index (χ3v) is 4.78. The standard InChI is InChI=1S/C14H23NO3S/c1-5-14(16)11(4)12-6-8-13(9-7-12)19(17,18)15-10(2)3/h6-11,14-16H,5H2,1-4H3. The topological polar surface area (TPSA) is 66.4 Å². The smallest absolute Gasteiger partial charge is 0.240 e. The van der Waals surface area contributed by atoms with Gasteiger partial charge in [0, 0.05) is 12.0 Å². The summed E-state index contributed by atoms with van der Waals surface area (Å²) < 4.78 is 26.4. The summed E-state index contributed by atoms with van der Waals surface area (Å²) in [6.45, 7) is 7.42. The van der Waals surface area contributed by atoms with Crippen LogP contribution in [0.4, 0.5) is 0 Å². The Morgan fingerprint density at radius 3 is 2.11 bits per heavy atom. The lowest BCUT2D eigenvalue weighted by Gasteiger charge is -2.18. The highest BCUT2D eigenvalue weighted by atomic mass is 32.2. The van der Waals surface area contributed by atoms with Crippen molar-refractivity contribution in [1.82, 2.24) is 4.72 Å². The van der Waals surface area contributed by atoms with E-state index in [-0.39, 0.29) is 16.9 Å². The first-order valence-corrected chi connectivity index (χ1v) is 8.06. The van der Waals surface area contributed by atoms with Gasteiger partial charge in [0.2, 0.25) is 10.0 Å². The Hall–Kier alpha value is -0.910. The summed E-state index contributed by atoms with van der Waals surface area (Å²) in [7, 11) is -3.44. The Balaban J connectivity index is 2.94. The fourth-order valence-electron chi connectivity index (χ4n) is 1.90. The molecule has 1 rings (SSSR count). The average molecular weight is 285 g/mol. The molecular weight excluding hydrogens is 262 g/mol. The van der Waals surface area contributed by atoms with Gasteiger partial charge in [-0.05, 0) is 38.0 Å². The van der Waals surface area contributed by atoms with E-state index in [1.54, 1.807) is 38.1 Å². The van der Waals surface area contributed by atoms with Crippen LogP contribution >= 0.6 is 0 Å². The van der Waals surface area contributed by atoms with Crippen molar-refractivity contribution in [1.29, 1.82) is 0 Å². The molecule has 0 amide bonds. The van der Waals surface area contributed by atoms with Crippen LogP contribution in [-0.4, -0.2) is 25.7 Å². The van der Waals surface area contributed by atoms with Gasteiger partial charge in [-0.25, -0.2) is 13.1 Å². The molecular formula is C14H23NO3S. The normalized spacial score (nSPS) is 15.5. The van der Waals surface area contributed by atoms with Gasteiger partial charge < -0.3 is 5.11 Å². The molecule has 2 atom stereocenters. The monoisotopic (exact) mass is 285 g/mol. The number of hydrogen-bond donors (Lipinski definition) is 2. The van der Waals surface area contributed by atoms with Crippen molar-refractivity contribution in [2.75, 3.05) is 0 Å². The maximum absolute atomic E-state index is 12.0. The highest BCUT2D eigenvalue weighted by molar-refractivity contribution is 7.89. The van der Waals surface area contributed by atoms with E-state index in [1.807, 2.05) is 13.8 Å². The summed E-state index contributed by atoms with van der Waals surface area (Å²) >= 11 is 0. The van der Waals surface area contributed by atoms with Crippen molar-refractivity contribution in [2.45, 2.75) is 57.1 Å². The number of nitrogens with one attached hydrogen (secondary N) is 1. The van der Waals surface area contributed by atoms with Crippen LogP contribution in [0.2, 0.25) is 0 Å². The van der Waals surface area contributed by atoms with Crippen molar-refractivity contribution in [3.05, 3.63) is 29.8 Å². The number of sulfonamides is 1. The van der Waals surface area contributed by atoms with Gasteiger partial charge in [0.05, 0.1) is 11.0 Å². The Labute approximate surface area is 115 Å². The molecule has 1 aromatic rings. The Bertz CT molecular complexity index is 494. The zero-order valence-electron chi connectivity index (χ0n) is 11.9. The molecule has 0 aliphatic heterocycles. The molecule has 2 N–H and O–H groups in total. The summed E-state index contributed by atoms with van der Waals surface area (Å²) in [5.41, 5.74) is 0.942. The quantitative estimate of drug-likeness (QED) is 0.842. The lowest BCUT2D eigenvalue weighted by Crippen LogP contribution is -2.30. The van der Waals surface area contributed by atoms with Crippen molar-refractivity contribution in [2.24, 2.45) is 0 Å². The maximum Gasteiger partial charge on any atom is 0.240 e. The molecule has 0 fully saturated rings. The first kappa shape index (κ1) is 16.1. The first-order valence-electron chi connectivity index (χ1n) is 6.58. The predicted molar refractivity (Wildman–Crippen MR) is 76.6 cm³/mol. The van der Waals surface area contributed by atoms with Crippen LogP contribution < -0.4 is 4.72 Å². The van der Waals surface area contributed by atoms with Crippen LogP contribution in [-0.2, 0) is 10.0 Å². The second-order valence-electron chi connectivity index (χ2n) is 5.11. The molecule has 1 aromatic carbocycles. The summed E-state index contributed by atoms with van der Waals surface area (Å²) in [6, 6.07) is 6.56. The van der Waals surface area contributed by atoms with E-state index in [0.29, 0.717) is 6.42 Å². The Morgan fingerprint density at radius 1 is 1.16 bits per heavy atom. The molecule has 5 heteroatoms. The summed E-state index contributed by atoms with van der Waals surface area (Å²) in [6.07, 6.45) is 0.270. The lowest BCUT2D eigenvalue weighted by atomic mass is 9.94. The Morgan fingerprint density at radius 2 is 1.68 bits per heavy atom. The molecule has 0 saturated heterocycles. The van der Waals surface area contributed by atoms with E-state index < -0.39 is 16.1 Å². The SMILES string of the molecule is CCC(O)C(C)c1ccc(S(=O)(=O)NC(C)C)cc1. The van der Waals surface area contributed by atoms with Gasteiger partial charge in [0.15, 0.2) is 0 Å². The van der Waals surface area contributed by atoms with Crippen molar-refractivity contribution >= 4 is 10.0 Å². The highest BCUT2D eigenvalue weighted by Crippen LogP contribution is 2.22. The first-order chi connectivity index (χ1) is 8.77. The van der Waals surface area contributed by atoms with Gasteiger partial charge >= 0.3 is 0 Å². The third kappa shape index (κ3) is 4.30. The minimum Gasteiger partial charge on any atom is -0.393 e. The van der Waals surface area contributed by atoms with Crippen molar-refractivity contribution in [3.63, 3.8) is 0 Å². The van der Waals surface area contributed by atoms with Gasteiger partial charge in [-0.1, -0.05) is 26.0 Å². The fourth-order valence-corrected chi connectivity index (χ4v) is 3.16. The van der Waals surface area contributed by atoms with Crippen LogP contribution in [0.5, 0.6) is 0 Å². The molecule has 0 aliphatic rings. The maximum atomic E-state index is 12.0. The van der Waals surface area contributed by atoms with Crippen LogP contribution in [0, 0.1) is 0 Å². The van der Waals surface area contributed by atoms with E-state index in [0.717, 1.165) is 5.56 Å². The zero-order chi connectivity index (χ0) is 14.6. The van der Waals surface area contributed by atoms with E-state index in [9.17, 15) is 13.5 Å². The molecule has 19 heavy (non-hydrogen) atoms. The molecule has 0 radical (unpaired) electrons. The van der Waals surface area contributed by atoms with Crippen LogP contribution in [0.15, 0.2) is 29.2 Å². The van der Waals surface area contributed by atoms with Gasteiger partial charge in [-0.2, -0.15) is 0 Å². The molecule has 0 heterocycles. The summed E-state index contributed by atoms with van der Waals surface area (Å²) in [4.78, 5) is 0.253. The third-order valence-electron chi connectivity index (χ3n) is 3.10. The molecule has 0 aromatic heterocycles. The number of aliphatic hydroxyl groups is 1. The molecule has 108 valence electrons. The molecule has 2 unspecified atom stereocenters. The largest absolute Gasteiger partial charge is 0.393 e. The number of rotatable bonds is 6. The summed E-state index contributed by atoms with van der Waals surface area (Å²) in [5, 5.41) is 9.80. The average Bonchev–Trinajstić information content (AvgIpc) is 2.35. The summed E-state index contributed by atoms with van der Waals surface area (Å²) in [5.74, 6) is -0.000174. The van der Waals surface area contributed by atoms with E-state index in [4.69, 9.17) is 0 Å². The van der Waals surface area contributed by atoms with E-state index in [2.05, 4.69) is 4.72 Å². The van der Waals surface area contributed by atoms with Crippen LogP contribution in [0.1, 0.15) is 45.6 Å². The van der Waals surface area contributed by atoms with Gasteiger partial charge in [-0.15, -0.1) is 0 Å². The second-order valence-corrected chi connectivity index (χ2v) is 6.82. The zero-order valence-corrected chi connectivity index (χ0v) is 12.7. The van der Waals surface area contributed by atoms with Crippen LogP contribution in [0.25, 0.3) is 0 Å².